The van der Waals surface area contributed by atoms with Crippen LogP contribution in [0.3, 0.4) is 0 Å². The summed E-state index contributed by atoms with van der Waals surface area (Å²) in [6.45, 7) is 7.52. The van der Waals surface area contributed by atoms with Crippen LogP contribution in [0.25, 0.3) is 0 Å². The van der Waals surface area contributed by atoms with Crippen molar-refractivity contribution in [3.05, 3.63) is 42.5 Å². The van der Waals surface area contributed by atoms with Crippen molar-refractivity contribution in [3.8, 4) is 0 Å². The van der Waals surface area contributed by atoms with Crippen LogP contribution in [0, 0.1) is 5.41 Å². The zero-order valence-electron chi connectivity index (χ0n) is 12.1. The highest BCUT2D eigenvalue weighted by Crippen LogP contribution is 2.26. The molecule has 1 unspecified atom stereocenters. The molecule has 1 aromatic carbocycles. The van der Waals surface area contributed by atoms with Crippen molar-refractivity contribution in [2.75, 3.05) is 25.1 Å². The Morgan fingerprint density at radius 2 is 2.10 bits per heavy atom. The number of anilines is 1. The van der Waals surface area contributed by atoms with Crippen LogP contribution < -0.4 is 10.6 Å². The minimum Gasteiger partial charge on any atom is -0.381 e. The summed E-state index contributed by atoms with van der Waals surface area (Å²) in [5.41, 5.74) is 1.22. The molecule has 112 valence electrons. The number of amides is 2. The van der Waals surface area contributed by atoms with E-state index < -0.39 is 0 Å². The number of rotatable bonds is 5. The van der Waals surface area contributed by atoms with Crippen LogP contribution in [0.2, 0.25) is 0 Å². The standard InChI is InChI=1S/C16H20N2O3/c1-3-14(19)18-13-6-4-12(5-7-13)15(20)17-10-16(2)8-9-21-11-16/h3-7H,1,8-11H2,2H3,(H,17,20)(H,18,19). The number of hydrogen-bond donors (Lipinski definition) is 2. The molecule has 1 fully saturated rings. The maximum absolute atomic E-state index is 12.1. The zero-order chi connectivity index (χ0) is 15.3. The largest absolute Gasteiger partial charge is 0.381 e. The second-order valence-electron chi connectivity index (χ2n) is 5.57. The van der Waals surface area contributed by atoms with Gasteiger partial charge in [-0.15, -0.1) is 0 Å². The molecular weight excluding hydrogens is 268 g/mol. The summed E-state index contributed by atoms with van der Waals surface area (Å²) in [5, 5.41) is 5.57. The van der Waals surface area contributed by atoms with E-state index in [0.717, 1.165) is 13.0 Å². The van der Waals surface area contributed by atoms with Crippen LogP contribution in [0.1, 0.15) is 23.7 Å². The van der Waals surface area contributed by atoms with Crippen molar-refractivity contribution >= 4 is 17.5 Å². The molecule has 2 rings (SSSR count). The van der Waals surface area contributed by atoms with Gasteiger partial charge in [-0.2, -0.15) is 0 Å². The molecule has 0 aromatic heterocycles. The Labute approximate surface area is 124 Å². The van der Waals surface area contributed by atoms with E-state index >= 15 is 0 Å². The van der Waals surface area contributed by atoms with Crippen LogP contribution in [0.5, 0.6) is 0 Å². The van der Waals surface area contributed by atoms with E-state index in [1.807, 2.05) is 0 Å². The smallest absolute Gasteiger partial charge is 0.251 e. The van der Waals surface area contributed by atoms with Gasteiger partial charge in [-0.1, -0.05) is 13.5 Å². The van der Waals surface area contributed by atoms with Crippen molar-refractivity contribution < 1.29 is 14.3 Å². The first-order valence-corrected chi connectivity index (χ1v) is 6.92. The average molecular weight is 288 g/mol. The third-order valence-electron chi connectivity index (χ3n) is 3.58. The number of carbonyl (C=O) groups excluding carboxylic acids is 2. The highest BCUT2D eigenvalue weighted by atomic mass is 16.5. The lowest BCUT2D eigenvalue weighted by molar-refractivity contribution is -0.111. The molecule has 1 saturated heterocycles. The molecule has 0 bridgehead atoms. The van der Waals surface area contributed by atoms with Crippen molar-refractivity contribution in [1.82, 2.24) is 5.32 Å². The van der Waals surface area contributed by atoms with Gasteiger partial charge in [-0.3, -0.25) is 9.59 Å². The van der Waals surface area contributed by atoms with Gasteiger partial charge in [0, 0.05) is 29.8 Å². The normalized spacial score (nSPS) is 20.8. The van der Waals surface area contributed by atoms with E-state index in [4.69, 9.17) is 4.74 Å². The Hall–Kier alpha value is -2.14. The first-order valence-electron chi connectivity index (χ1n) is 6.92. The molecule has 2 N–H and O–H groups in total. The minimum absolute atomic E-state index is 0.0214. The Bertz CT molecular complexity index is 531. The number of nitrogens with one attached hydrogen (secondary N) is 2. The maximum atomic E-state index is 12.1. The van der Waals surface area contributed by atoms with Crippen molar-refractivity contribution in [3.63, 3.8) is 0 Å². The van der Waals surface area contributed by atoms with Gasteiger partial charge in [-0.25, -0.2) is 0 Å². The maximum Gasteiger partial charge on any atom is 0.251 e. The first-order chi connectivity index (χ1) is 10.0. The van der Waals surface area contributed by atoms with Gasteiger partial charge in [0.2, 0.25) is 5.91 Å². The van der Waals surface area contributed by atoms with Gasteiger partial charge in [0.25, 0.3) is 5.91 Å². The van der Waals surface area contributed by atoms with Gasteiger partial charge in [0.05, 0.1) is 6.61 Å². The predicted molar refractivity (Wildman–Crippen MR) is 81.1 cm³/mol. The fraction of sp³-hybridized carbons (Fsp3) is 0.375. The Kier molecular flexibility index (Phi) is 4.75. The molecule has 5 heteroatoms. The van der Waals surface area contributed by atoms with E-state index in [-0.39, 0.29) is 17.2 Å². The van der Waals surface area contributed by atoms with Crippen LogP contribution in [-0.4, -0.2) is 31.6 Å². The summed E-state index contributed by atoms with van der Waals surface area (Å²) < 4.78 is 5.36. The van der Waals surface area contributed by atoms with Gasteiger partial charge in [-0.05, 0) is 36.8 Å². The van der Waals surface area contributed by atoms with Gasteiger partial charge in [0.1, 0.15) is 0 Å². The van der Waals surface area contributed by atoms with Crippen LogP contribution in [0.4, 0.5) is 5.69 Å². The zero-order valence-corrected chi connectivity index (χ0v) is 12.1. The van der Waals surface area contributed by atoms with E-state index in [1.54, 1.807) is 24.3 Å². The van der Waals surface area contributed by atoms with Crippen molar-refractivity contribution in [2.24, 2.45) is 5.41 Å². The van der Waals surface area contributed by atoms with E-state index in [2.05, 4.69) is 24.1 Å². The fourth-order valence-corrected chi connectivity index (χ4v) is 2.14. The van der Waals surface area contributed by atoms with Gasteiger partial charge in [0.15, 0.2) is 0 Å². The highest BCUT2D eigenvalue weighted by Gasteiger charge is 2.30. The lowest BCUT2D eigenvalue weighted by Crippen LogP contribution is -2.36. The van der Waals surface area contributed by atoms with E-state index in [9.17, 15) is 9.59 Å². The minimum atomic E-state index is -0.277. The van der Waals surface area contributed by atoms with Crippen LogP contribution >= 0.6 is 0 Å². The highest BCUT2D eigenvalue weighted by molar-refractivity contribution is 5.99. The SMILES string of the molecule is C=CC(=O)Nc1ccc(C(=O)NCC2(C)CCOC2)cc1. The topological polar surface area (TPSA) is 67.4 Å². The molecule has 1 aliphatic heterocycles. The molecule has 21 heavy (non-hydrogen) atoms. The number of ether oxygens (including phenoxy) is 1. The number of carbonyl (C=O) groups is 2. The second-order valence-corrected chi connectivity index (χ2v) is 5.57. The second kappa shape index (κ2) is 6.54. The molecule has 1 heterocycles. The molecule has 5 nitrogen and oxygen atoms in total. The molecule has 0 radical (unpaired) electrons. The Morgan fingerprint density at radius 3 is 2.67 bits per heavy atom. The molecule has 1 aliphatic rings. The summed E-state index contributed by atoms with van der Waals surface area (Å²) in [7, 11) is 0. The van der Waals surface area contributed by atoms with Gasteiger partial charge < -0.3 is 15.4 Å². The number of hydrogen-bond acceptors (Lipinski definition) is 3. The molecule has 0 aliphatic carbocycles. The third-order valence-corrected chi connectivity index (χ3v) is 3.58. The summed E-state index contributed by atoms with van der Waals surface area (Å²) in [4.78, 5) is 23.2. The lowest BCUT2D eigenvalue weighted by Gasteiger charge is -2.21. The predicted octanol–water partition coefficient (Wildman–Crippen LogP) is 1.97. The Balaban J connectivity index is 1.90. The van der Waals surface area contributed by atoms with Crippen molar-refractivity contribution in [1.29, 1.82) is 0 Å². The molecule has 1 aromatic rings. The van der Waals surface area contributed by atoms with E-state index in [1.165, 1.54) is 6.08 Å². The van der Waals surface area contributed by atoms with Crippen molar-refractivity contribution in [2.45, 2.75) is 13.3 Å². The number of benzene rings is 1. The van der Waals surface area contributed by atoms with E-state index in [0.29, 0.717) is 24.4 Å². The van der Waals surface area contributed by atoms with Crippen LogP contribution in [-0.2, 0) is 9.53 Å². The molecule has 2 amide bonds. The summed E-state index contributed by atoms with van der Waals surface area (Å²) in [6, 6.07) is 6.75. The molecular formula is C16H20N2O3. The first kappa shape index (κ1) is 15.3. The quantitative estimate of drug-likeness (QED) is 0.814. The summed E-state index contributed by atoms with van der Waals surface area (Å²) >= 11 is 0. The monoisotopic (exact) mass is 288 g/mol. The summed E-state index contributed by atoms with van der Waals surface area (Å²) in [6.07, 6.45) is 2.16. The summed E-state index contributed by atoms with van der Waals surface area (Å²) in [5.74, 6) is -0.397. The van der Waals surface area contributed by atoms with Gasteiger partial charge >= 0.3 is 0 Å². The molecule has 0 saturated carbocycles. The third kappa shape index (κ3) is 4.16. The average Bonchev–Trinajstić information content (AvgIpc) is 2.93. The fourth-order valence-electron chi connectivity index (χ4n) is 2.14. The lowest BCUT2D eigenvalue weighted by atomic mass is 9.90. The molecule has 0 spiro atoms. The van der Waals surface area contributed by atoms with Crippen LogP contribution in [0.15, 0.2) is 36.9 Å². The molecule has 1 atom stereocenters. The Morgan fingerprint density at radius 1 is 1.38 bits per heavy atom.